The Hall–Kier alpha value is -1.57. The molecule has 0 spiro atoms. The molecule has 0 fully saturated rings. The molecule has 0 aliphatic rings. The van der Waals surface area contributed by atoms with E-state index in [0.29, 0.717) is 5.06 Å². The third-order valence-electron chi connectivity index (χ3n) is 4.69. The smallest absolute Gasteiger partial charge is 0.339 e. The molecule has 7 heteroatoms. The van der Waals surface area contributed by atoms with Crippen molar-refractivity contribution >= 4 is 35.8 Å². The first kappa shape index (κ1) is 18.8. The minimum atomic E-state index is -1.89. The molecule has 2 aromatic rings. The molecule has 1 atom stereocenters. The van der Waals surface area contributed by atoms with Crippen molar-refractivity contribution in [3.05, 3.63) is 29.1 Å². The number of nitrogens with zero attached hydrogens (tertiary/aromatic N) is 1. The van der Waals surface area contributed by atoms with Gasteiger partial charge in [-0.1, -0.05) is 20.8 Å². The predicted molar refractivity (Wildman–Crippen MR) is 101 cm³/mol. The molecule has 5 nitrogen and oxygen atoms in total. The fourth-order valence-corrected chi connectivity index (χ4v) is 4.17. The number of hydrogen-bond acceptors (Lipinski definition) is 4. The van der Waals surface area contributed by atoms with Gasteiger partial charge in [0.1, 0.15) is 5.75 Å². The summed E-state index contributed by atoms with van der Waals surface area (Å²) in [4.78, 5) is 12.0. The van der Waals surface area contributed by atoms with E-state index in [0.717, 1.165) is 20.7 Å². The molecule has 0 bridgehead atoms. The van der Waals surface area contributed by atoms with Crippen LogP contribution in [0.4, 0.5) is 4.79 Å². The highest BCUT2D eigenvalue weighted by Gasteiger charge is 2.39. The molecule has 0 saturated carbocycles. The molecule has 1 aromatic heterocycles. The van der Waals surface area contributed by atoms with Crippen molar-refractivity contribution in [3.63, 3.8) is 0 Å². The average molecular weight is 367 g/mol. The number of primary amides is 1. The van der Waals surface area contributed by atoms with E-state index in [2.05, 4.69) is 33.9 Å². The highest BCUT2D eigenvalue weighted by molar-refractivity contribution is 7.19. The number of hydroxylamine groups is 2. The summed E-state index contributed by atoms with van der Waals surface area (Å²) < 4.78 is 7.42. The van der Waals surface area contributed by atoms with E-state index >= 15 is 0 Å². The van der Waals surface area contributed by atoms with Gasteiger partial charge in [-0.15, -0.1) is 11.3 Å². The Balaban J connectivity index is 2.31. The summed E-state index contributed by atoms with van der Waals surface area (Å²) >= 11 is 1.53. The monoisotopic (exact) mass is 366 g/mol. The molecular weight excluding hydrogens is 340 g/mol. The second-order valence-corrected chi connectivity index (χ2v) is 13.4. The van der Waals surface area contributed by atoms with Gasteiger partial charge in [0.05, 0.1) is 6.04 Å². The number of thiophene rings is 1. The van der Waals surface area contributed by atoms with Crippen LogP contribution in [0.25, 0.3) is 10.1 Å². The van der Waals surface area contributed by atoms with Crippen molar-refractivity contribution in [3.8, 4) is 5.75 Å². The number of hydrogen-bond donors (Lipinski definition) is 2. The number of nitrogens with two attached hydrogens (primary N) is 1. The van der Waals surface area contributed by atoms with Crippen LogP contribution < -0.4 is 10.2 Å². The normalized spacial score (nSPS) is 13.8. The van der Waals surface area contributed by atoms with E-state index in [-0.39, 0.29) is 5.04 Å². The third kappa shape index (κ3) is 3.74. The Labute approximate surface area is 148 Å². The van der Waals surface area contributed by atoms with E-state index in [1.54, 1.807) is 6.92 Å². The van der Waals surface area contributed by atoms with Crippen LogP contribution in [0.2, 0.25) is 18.1 Å². The maximum atomic E-state index is 11.1. The van der Waals surface area contributed by atoms with Crippen molar-refractivity contribution in [2.24, 2.45) is 5.73 Å². The SMILES string of the molecule is CC(c1cc2cc(O[Si](C)(C)C(C)(C)C)ccc2s1)N(O)C(N)=O. The molecule has 3 N–H and O–H groups in total. The van der Waals surface area contributed by atoms with Gasteiger partial charge < -0.3 is 10.2 Å². The quantitative estimate of drug-likeness (QED) is 0.448. The molecule has 1 aromatic carbocycles. The maximum Gasteiger partial charge on any atom is 0.339 e. The summed E-state index contributed by atoms with van der Waals surface area (Å²) in [6.07, 6.45) is 0. The Morgan fingerprint density at radius 1 is 1.33 bits per heavy atom. The average Bonchev–Trinajstić information content (AvgIpc) is 2.87. The molecule has 2 rings (SSSR count). The number of amides is 2. The molecule has 0 aliphatic heterocycles. The van der Waals surface area contributed by atoms with Crippen LogP contribution in [-0.4, -0.2) is 24.6 Å². The van der Waals surface area contributed by atoms with Gasteiger partial charge in [0.15, 0.2) is 0 Å². The highest BCUT2D eigenvalue weighted by atomic mass is 32.1. The fourth-order valence-electron chi connectivity index (χ4n) is 2.07. The highest BCUT2D eigenvalue weighted by Crippen LogP contribution is 2.39. The summed E-state index contributed by atoms with van der Waals surface area (Å²) in [5.41, 5.74) is 5.13. The summed E-state index contributed by atoms with van der Waals surface area (Å²) in [5, 5.41) is 11.4. The number of carbonyl (C=O) groups excluding carboxylic acids is 1. The van der Waals surface area contributed by atoms with Crippen LogP contribution in [0.3, 0.4) is 0 Å². The second kappa shape index (κ2) is 6.38. The molecule has 24 heavy (non-hydrogen) atoms. The Kier molecular flexibility index (Phi) is 4.99. The van der Waals surface area contributed by atoms with Gasteiger partial charge in [-0.3, -0.25) is 5.21 Å². The molecule has 132 valence electrons. The predicted octanol–water partition coefficient (Wildman–Crippen LogP) is 5.12. The largest absolute Gasteiger partial charge is 0.543 e. The molecule has 1 heterocycles. The van der Waals surface area contributed by atoms with Crippen molar-refractivity contribution in [2.45, 2.75) is 51.9 Å². The zero-order valence-corrected chi connectivity index (χ0v) is 16.9. The van der Waals surface area contributed by atoms with Crippen molar-refractivity contribution < 1.29 is 14.4 Å². The first-order chi connectivity index (χ1) is 10.9. The van der Waals surface area contributed by atoms with E-state index in [1.165, 1.54) is 11.3 Å². The van der Waals surface area contributed by atoms with E-state index in [4.69, 9.17) is 10.2 Å². The Morgan fingerprint density at radius 2 is 1.96 bits per heavy atom. The van der Waals surface area contributed by atoms with Gasteiger partial charge in [-0.25, -0.2) is 4.79 Å². The van der Waals surface area contributed by atoms with Crippen LogP contribution >= 0.6 is 11.3 Å². The molecule has 0 aliphatic carbocycles. The lowest BCUT2D eigenvalue weighted by molar-refractivity contribution is -0.0700. The Morgan fingerprint density at radius 3 is 2.50 bits per heavy atom. The summed E-state index contributed by atoms with van der Waals surface area (Å²) in [7, 11) is -1.89. The first-order valence-electron chi connectivity index (χ1n) is 7.92. The number of benzene rings is 1. The van der Waals surface area contributed by atoms with Crippen molar-refractivity contribution in [1.29, 1.82) is 0 Å². The minimum absolute atomic E-state index is 0.134. The van der Waals surface area contributed by atoms with Crippen LogP contribution in [0, 0.1) is 0 Å². The number of fused-ring (bicyclic) bond motifs is 1. The molecular formula is C17H26N2O3SSi. The van der Waals surface area contributed by atoms with Gasteiger partial charge in [-0.05, 0) is 54.7 Å². The van der Waals surface area contributed by atoms with Gasteiger partial charge >= 0.3 is 6.03 Å². The van der Waals surface area contributed by atoms with Crippen LogP contribution in [0.5, 0.6) is 5.75 Å². The number of carbonyl (C=O) groups is 1. The van der Waals surface area contributed by atoms with Gasteiger partial charge in [-0.2, -0.15) is 5.06 Å². The summed E-state index contributed by atoms with van der Waals surface area (Å²) in [5.74, 6) is 0.863. The van der Waals surface area contributed by atoms with Gasteiger partial charge in [0.2, 0.25) is 8.32 Å². The summed E-state index contributed by atoms with van der Waals surface area (Å²) in [6.45, 7) is 12.8. The molecule has 0 radical (unpaired) electrons. The Bertz CT molecular complexity index is 752. The lowest BCUT2D eigenvalue weighted by Gasteiger charge is -2.36. The lowest BCUT2D eigenvalue weighted by Crippen LogP contribution is -2.43. The zero-order valence-electron chi connectivity index (χ0n) is 15.1. The van der Waals surface area contributed by atoms with Crippen LogP contribution in [0.15, 0.2) is 24.3 Å². The van der Waals surface area contributed by atoms with Crippen LogP contribution in [0.1, 0.15) is 38.6 Å². The van der Waals surface area contributed by atoms with Crippen molar-refractivity contribution in [2.75, 3.05) is 0 Å². The first-order valence-corrected chi connectivity index (χ1v) is 11.6. The number of rotatable bonds is 4. The van der Waals surface area contributed by atoms with Crippen molar-refractivity contribution in [1.82, 2.24) is 5.06 Å². The summed E-state index contributed by atoms with van der Waals surface area (Å²) in [6, 6.07) is 6.65. The maximum absolute atomic E-state index is 11.1. The standard InChI is InChI=1S/C17H26N2O3SSi/c1-11(19(21)16(18)20)15-10-12-9-13(7-8-14(12)23-15)22-24(5,6)17(2,3)4/h7-11,21H,1-6H3,(H2,18,20). The zero-order chi connectivity index (χ0) is 18.3. The fraction of sp³-hybridized carbons (Fsp3) is 0.471. The lowest BCUT2D eigenvalue weighted by atomic mass is 10.2. The molecule has 0 saturated heterocycles. The third-order valence-corrected chi connectivity index (χ3v) is 10.3. The molecule has 2 amide bonds. The van der Waals surface area contributed by atoms with E-state index in [9.17, 15) is 10.0 Å². The molecule has 1 unspecified atom stereocenters. The van der Waals surface area contributed by atoms with Gasteiger partial charge in [0, 0.05) is 9.58 Å². The second-order valence-electron chi connectivity index (χ2n) is 7.57. The minimum Gasteiger partial charge on any atom is -0.543 e. The van der Waals surface area contributed by atoms with E-state index in [1.807, 2.05) is 24.3 Å². The van der Waals surface area contributed by atoms with E-state index < -0.39 is 20.4 Å². The van der Waals surface area contributed by atoms with Gasteiger partial charge in [0.25, 0.3) is 0 Å². The van der Waals surface area contributed by atoms with Crippen LogP contribution in [-0.2, 0) is 0 Å². The topological polar surface area (TPSA) is 75.8 Å². The number of urea groups is 1.